The second-order valence-corrected chi connectivity index (χ2v) is 4.76. The Hall–Kier alpha value is -1.43. The molecule has 19 heavy (non-hydrogen) atoms. The van der Waals surface area contributed by atoms with Crippen LogP contribution in [0.15, 0.2) is 35.3 Å². The summed E-state index contributed by atoms with van der Waals surface area (Å²) in [5.41, 5.74) is 4.09. The van der Waals surface area contributed by atoms with Crippen molar-refractivity contribution in [1.82, 2.24) is 10.4 Å². The minimum Gasteiger partial charge on any atom is -0.391 e. The maximum atomic E-state index is 5.45. The molecular formula is C14H19N3O2. The predicted molar refractivity (Wildman–Crippen MR) is 72.7 cm³/mol. The minimum atomic E-state index is -0.0686. The van der Waals surface area contributed by atoms with Gasteiger partial charge in [-0.15, -0.1) is 5.48 Å². The van der Waals surface area contributed by atoms with Crippen molar-refractivity contribution in [3.8, 4) is 0 Å². The van der Waals surface area contributed by atoms with Crippen LogP contribution in [0.3, 0.4) is 0 Å². The van der Waals surface area contributed by atoms with Crippen molar-refractivity contribution in [1.29, 1.82) is 0 Å². The van der Waals surface area contributed by atoms with Crippen molar-refractivity contribution < 1.29 is 9.57 Å². The first-order valence-electron chi connectivity index (χ1n) is 6.76. The molecular weight excluding hydrogens is 242 g/mol. The van der Waals surface area contributed by atoms with Crippen molar-refractivity contribution in [2.24, 2.45) is 4.99 Å². The van der Waals surface area contributed by atoms with Crippen LogP contribution < -0.4 is 5.48 Å². The highest BCUT2D eigenvalue weighted by molar-refractivity contribution is 5.77. The molecule has 0 saturated carbocycles. The lowest BCUT2D eigenvalue weighted by molar-refractivity contribution is 0.0383. The number of hydroxylamine groups is 1. The van der Waals surface area contributed by atoms with Gasteiger partial charge in [-0.25, -0.2) is 4.99 Å². The fourth-order valence-corrected chi connectivity index (χ4v) is 2.29. The lowest BCUT2D eigenvalue weighted by Gasteiger charge is -2.26. The molecule has 5 nitrogen and oxygen atoms in total. The lowest BCUT2D eigenvalue weighted by Crippen LogP contribution is -2.37. The molecule has 0 aliphatic carbocycles. The van der Waals surface area contributed by atoms with Gasteiger partial charge in [0, 0.05) is 26.1 Å². The van der Waals surface area contributed by atoms with Crippen molar-refractivity contribution in [2.45, 2.75) is 12.6 Å². The number of morpholine rings is 1. The summed E-state index contributed by atoms with van der Waals surface area (Å²) in [5, 5.41) is 0. The molecule has 1 atom stereocenters. The Labute approximate surface area is 113 Å². The molecule has 3 rings (SSSR count). The monoisotopic (exact) mass is 261 g/mol. The molecule has 2 aliphatic rings. The predicted octanol–water partition coefficient (Wildman–Crippen LogP) is 1.34. The van der Waals surface area contributed by atoms with Gasteiger partial charge in [0.05, 0.1) is 13.2 Å². The number of hydrogen-bond donors (Lipinski definition) is 1. The van der Waals surface area contributed by atoms with Crippen LogP contribution in [0.5, 0.6) is 0 Å². The Morgan fingerprint density at radius 3 is 2.79 bits per heavy atom. The largest absolute Gasteiger partial charge is 0.391 e. The average molecular weight is 261 g/mol. The molecule has 2 aliphatic heterocycles. The summed E-state index contributed by atoms with van der Waals surface area (Å²) < 4.78 is 5.33. The van der Waals surface area contributed by atoms with Crippen LogP contribution in [0.1, 0.15) is 18.2 Å². The Kier molecular flexibility index (Phi) is 4.07. The normalized spacial score (nSPS) is 24.0. The summed E-state index contributed by atoms with van der Waals surface area (Å²) >= 11 is 0. The molecule has 1 aromatic carbocycles. The summed E-state index contributed by atoms with van der Waals surface area (Å²) in [4.78, 5) is 12.4. The van der Waals surface area contributed by atoms with E-state index in [0.29, 0.717) is 0 Å². The van der Waals surface area contributed by atoms with Gasteiger partial charge in [0.2, 0.25) is 5.90 Å². The van der Waals surface area contributed by atoms with E-state index in [9.17, 15) is 0 Å². The second-order valence-electron chi connectivity index (χ2n) is 4.76. The number of nitrogens with zero attached hydrogens (tertiary/aromatic N) is 2. The van der Waals surface area contributed by atoms with Gasteiger partial charge in [-0.1, -0.05) is 30.3 Å². The second kappa shape index (κ2) is 6.14. The number of rotatable bonds is 4. The maximum absolute atomic E-state index is 5.45. The standard InChI is InChI=1S/C14H19N3O2/c1-2-4-12(5-3-1)14-15-13(19-16-14)6-7-17-8-10-18-11-9-17/h1-5,14,16H,6-11H2/t14-/m1/s1. The molecule has 1 N–H and O–H groups in total. The molecule has 0 amide bonds. The van der Waals surface area contributed by atoms with Gasteiger partial charge in [0.25, 0.3) is 0 Å². The fraction of sp³-hybridized carbons (Fsp3) is 0.500. The third-order valence-corrected chi connectivity index (χ3v) is 3.42. The highest BCUT2D eigenvalue weighted by atomic mass is 16.7. The molecule has 5 heteroatoms. The number of aliphatic imine (C=N–C) groups is 1. The first-order valence-corrected chi connectivity index (χ1v) is 6.76. The van der Waals surface area contributed by atoms with Crippen LogP contribution in [-0.2, 0) is 9.57 Å². The van der Waals surface area contributed by atoms with Gasteiger partial charge < -0.3 is 9.57 Å². The quantitative estimate of drug-likeness (QED) is 0.888. The van der Waals surface area contributed by atoms with E-state index < -0.39 is 0 Å². The van der Waals surface area contributed by atoms with E-state index in [1.54, 1.807) is 0 Å². The molecule has 0 aromatic heterocycles. The number of benzene rings is 1. The van der Waals surface area contributed by atoms with Crippen LogP contribution in [0, 0.1) is 0 Å². The van der Waals surface area contributed by atoms with Gasteiger partial charge in [-0.2, -0.15) is 0 Å². The SMILES string of the molecule is c1ccc([C@@H]2N=C(CCN3CCOCC3)ON2)cc1. The molecule has 0 bridgehead atoms. The highest BCUT2D eigenvalue weighted by Gasteiger charge is 2.20. The van der Waals surface area contributed by atoms with Gasteiger partial charge >= 0.3 is 0 Å². The van der Waals surface area contributed by atoms with Crippen LogP contribution >= 0.6 is 0 Å². The summed E-state index contributed by atoms with van der Waals surface area (Å²) in [6, 6.07) is 10.1. The van der Waals surface area contributed by atoms with Crippen LogP contribution in [-0.4, -0.2) is 43.6 Å². The van der Waals surface area contributed by atoms with E-state index in [0.717, 1.165) is 50.7 Å². The van der Waals surface area contributed by atoms with Gasteiger partial charge in [-0.05, 0) is 5.56 Å². The van der Waals surface area contributed by atoms with E-state index in [1.165, 1.54) is 0 Å². The Morgan fingerprint density at radius 1 is 1.21 bits per heavy atom. The van der Waals surface area contributed by atoms with E-state index in [2.05, 4.69) is 27.5 Å². The molecule has 1 aromatic rings. The topological polar surface area (TPSA) is 46.1 Å². The van der Waals surface area contributed by atoms with Crippen LogP contribution in [0.2, 0.25) is 0 Å². The number of ether oxygens (including phenoxy) is 1. The zero-order valence-electron chi connectivity index (χ0n) is 10.9. The molecule has 2 heterocycles. The first-order chi connectivity index (χ1) is 9.42. The van der Waals surface area contributed by atoms with Crippen LogP contribution in [0.25, 0.3) is 0 Å². The number of hydrogen-bond acceptors (Lipinski definition) is 5. The maximum Gasteiger partial charge on any atom is 0.212 e. The highest BCUT2D eigenvalue weighted by Crippen LogP contribution is 2.19. The molecule has 102 valence electrons. The summed E-state index contributed by atoms with van der Waals surface area (Å²) in [7, 11) is 0. The Balaban J connectivity index is 1.52. The molecule has 0 unspecified atom stereocenters. The molecule has 0 radical (unpaired) electrons. The first kappa shape index (κ1) is 12.6. The van der Waals surface area contributed by atoms with Crippen molar-refractivity contribution >= 4 is 5.90 Å². The van der Waals surface area contributed by atoms with Gasteiger partial charge in [0.15, 0.2) is 6.17 Å². The summed E-state index contributed by atoms with van der Waals surface area (Å²) in [6.07, 6.45) is 0.775. The molecule has 1 saturated heterocycles. The smallest absolute Gasteiger partial charge is 0.212 e. The summed E-state index contributed by atoms with van der Waals surface area (Å²) in [6.45, 7) is 4.65. The van der Waals surface area contributed by atoms with Crippen LogP contribution in [0.4, 0.5) is 0 Å². The van der Waals surface area contributed by atoms with E-state index in [4.69, 9.17) is 9.57 Å². The lowest BCUT2D eigenvalue weighted by atomic mass is 10.2. The zero-order valence-corrected chi connectivity index (χ0v) is 10.9. The van der Waals surface area contributed by atoms with Crippen molar-refractivity contribution in [3.63, 3.8) is 0 Å². The van der Waals surface area contributed by atoms with E-state index >= 15 is 0 Å². The third kappa shape index (κ3) is 3.32. The molecule has 0 spiro atoms. The van der Waals surface area contributed by atoms with E-state index in [1.807, 2.05) is 18.2 Å². The van der Waals surface area contributed by atoms with Gasteiger partial charge in [-0.3, -0.25) is 4.90 Å². The third-order valence-electron chi connectivity index (χ3n) is 3.42. The van der Waals surface area contributed by atoms with E-state index in [-0.39, 0.29) is 6.17 Å². The Morgan fingerprint density at radius 2 is 2.00 bits per heavy atom. The zero-order chi connectivity index (χ0) is 12.9. The number of nitrogens with one attached hydrogen (secondary N) is 1. The fourth-order valence-electron chi connectivity index (χ4n) is 2.29. The minimum absolute atomic E-state index is 0.0686. The summed E-state index contributed by atoms with van der Waals surface area (Å²) in [5.74, 6) is 0.792. The van der Waals surface area contributed by atoms with Gasteiger partial charge in [0.1, 0.15) is 0 Å². The Bertz CT molecular complexity index is 430. The van der Waals surface area contributed by atoms with Crippen molar-refractivity contribution in [3.05, 3.63) is 35.9 Å². The average Bonchev–Trinajstić information content (AvgIpc) is 2.96. The van der Waals surface area contributed by atoms with Crippen molar-refractivity contribution in [2.75, 3.05) is 32.8 Å². The molecule has 1 fully saturated rings.